The van der Waals surface area contributed by atoms with E-state index in [1.54, 1.807) is 18.2 Å². The number of esters is 1. The molecule has 206 valence electrons. The van der Waals surface area contributed by atoms with Gasteiger partial charge in [-0.2, -0.15) is 0 Å². The summed E-state index contributed by atoms with van der Waals surface area (Å²) in [6.45, 7) is 0.196. The number of ether oxygens (including phenoxy) is 3. The normalized spacial score (nSPS) is 22.7. The van der Waals surface area contributed by atoms with E-state index in [0.29, 0.717) is 22.6 Å². The lowest BCUT2D eigenvalue weighted by molar-refractivity contribution is -0.274. The van der Waals surface area contributed by atoms with Crippen molar-refractivity contribution in [2.24, 2.45) is 0 Å². The van der Waals surface area contributed by atoms with Crippen LogP contribution >= 0.6 is 0 Å². The van der Waals surface area contributed by atoms with E-state index in [1.807, 2.05) is 6.07 Å². The van der Waals surface area contributed by atoms with Gasteiger partial charge in [-0.15, -0.1) is 13.2 Å². The van der Waals surface area contributed by atoms with E-state index in [-0.39, 0.29) is 42.0 Å². The summed E-state index contributed by atoms with van der Waals surface area (Å²) >= 11 is 0. The van der Waals surface area contributed by atoms with Gasteiger partial charge in [0.05, 0.1) is 25.4 Å². The third-order valence-corrected chi connectivity index (χ3v) is 7.72. The van der Waals surface area contributed by atoms with Crippen molar-refractivity contribution in [1.29, 1.82) is 0 Å². The number of piperidine rings is 1. The number of halogens is 3. The maximum absolute atomic E-state index is 13.1. The van der Waals surface area contributed by atoms with E-state index < -0.39 is 12.3 Å². The van der Waals surface area contributed by atoms with Gasteiger partial charge in [0.2, 0.25) is 0 Å². The molecular weight excluding hydrogens is 515 g/mol. The Bertz CT molecular complexity index is 1320. The molecule has 6 rings (SSSR count). The Morgan fingerprint density at radius 1 is 1.08 bits per heavy atom. The quantitative estimate of drug-likeness (QED) is 0.319. The molecule has 2 bridgehead atoms. The molecule has 0 radical (unpaired) electrons. The Morgan fingerprint density at radius 3 is 2.46 bits per heavy atom. The summed E-state index contributed by atoms with van der Waals surface area (Å²) in [5.41, 5.74) is 1.64. The van der Waals surface area contributed by atoms with Crippen molar-refractivity contribution in [1.82, 2.24) is 10.1 Å². The molecule has 3 aromatic rings. The van der Waals surface area contributed by atoms with Crippen LogP contribution in [-0.4, -0.2) is 47.8 Å². The number of aromatic nitrogens is 2. The summed E-state index contributed by atoms with van der Waals surface area (Å²) in [6.07, 6.45) is 2.21. The number of nitrogens with zero attached hydrogens (tertiary/aromatic N) is 3. The molecule has 39 heavy (non-hydrogen) atoms. The van der Waals surface area contributed by atoms with Crippen LogP contribution in [0.15, 0.2) is 47.1 Å². The molecule has 11 heteroatoms. The number of hydrogen-bond donors (Lipinski definition) is 0. The lowest BCUT2D eigenvalue weighted by atomic mass is 9.99. The van der Waals surface area contributed by atoms with Crippen molar-refractivity contribution >= 4 is 11.8 Å². The molecular formula is C28H28F3N3O5. The number of alkyl halides is 3. The Balaban J connectivity index is 1.18. The SMILES string of the molecule is COC(=O)c1ccc(N2C3CCC2CC(OCc2c(-c4ccccc4OC(F)(F)F)noc2C2CC2)C3)nc1. The molecule has 2 atom stereocenters. The Hall–Kier alpha value is -3.60. The Labute approximate surface area is 223 Å². The first kappa shape index (κ1) is 25.7. The highest BCUT2D eigenvalue weighted by atomic mass is 19.4. The number of anilines is 1. The lowest BCUT2D eigenvalue weighted by Gasteiger charge is -2.39. The predicted octanol–water partition coefficient (Wildman–Crippen LogP) is 6.02. The number of hydrogen-bond acceptors (Lipinski definition) is 8. The van der Waals surface area contributed by atoms with Gasteiger partial charge >= 0.3 is 12.3 Å². The number of methoxy groups -OCH3 is 1. The van der Waals surface area contributed by atoms with Gasteiger partial charge in [0.15, 0.2) is 0 Å². The number of fused-ring (bicyclic) bond motifs is 2. The van der Waals surface area contributed by atoms with Crippen molar-refractivity contribution in [3.05, 3.63) is 59.5 Å². The summed E-state index contributed by atoms with van der Waals surface area (Å²) in [5, 5.41) is 4.17. The number of benzene rings is 1. The smallest absolute Gasteiger partial charge is 0.465 e. The summed E-state index contributed by atoms with van der Waals surface area (Å²) in [6, 6.07) is 10.0. The fraction of sp³-hybridized carbons (Fsp3) is 0.464. The molecule has 1 saturated carbocycles. The van der Waals surface area contributed by atoms with Gasteiger partial charge < -0.3 is 23.6 Å². The van der Waals surface area contributed by atoms with Crippen molar-refractivity contribution in [2.45, 2.75) is 75.6 Å². The van der Waals surface area contributed by atoms with Crippen molar-refractivity contribution in [2.75, 3.05) is 12.0 Å². The third kappa shape index (κ3) is 5.32. The van der Waals surface area contributed by atoms with Crippen molar-refractivity contribution in [3.63, 3.8) is 0 Å². The first-order chi connectivity index (χ1) is 18.8. The van der Waals surface area contributed by atoms with Gasteiger partial charge in [-0.05, 0) is 62.8 Å². The van der Waals surface area contributed by atoms with Gasteiger partial charge in [0, 0.05) is 35.3 Å². The molecule has 1 aromatic carbocycles. The van der Waals surface area contributed by atoms with Gasteiger partial charge in [-0.1, -0.05) is 17.3 Å². The highest BCUT2D eigenvalue weighted by molar-refractivity contribution is 5.89. The molecule has 2 aromatic heterocycles. The first-order valence-corrected chi connectivity index (χ1v) is 13.1. The second-order valence-electron chi connectivity index (χ2n) is 10.3. The van der Waals surface area contributed by atoms with Gasteiger partial charge in [-0.25, -0.2) is 9.78 Å². The van der Waals surface area contributed by atoms with Crippen LogP contribution < -0.4 is 9.64 Å². The molecule has 0 N–H and O–H groups in total. The van der Waals surface area contributed by atoms with Crippen LogP contribution in [0.1, 0.15) is 66.1 Å². The standard InChI is InChI=1S/C28H28F3N3O5/c1-36-27(35)17-8-11-24(32-14-17)34-18-9-10-19(34)13-20(12-18)37-15-22-25(33-39-26(22)16-6-7-16)21-4-2-3-5-23(21)38-28(29,30)31/h2-5,8,11,14,16,18-20H,6-7,9-10,12-13,15H2,1H3. The van der Waals surface area contributed by atoms with Crippen LogP contribution in [0.3, 0.4) is 0 Å². The Kier molecular flexibility index (Phi) is 6.70. The average Bonchev–Trinajstić information content (AvgIpc) is 3.62. The molecule has 3 aliphatic rings. The summed E-state index contributed by atoms with van der Waals surface area (Å²) in [4.78, 5) is 18.6. The second-order valence-corrected chi connectivity index (χ2v) is 10.3. The molecule has 0 amide bonds. The minimum atomic E-state index is -4.82. The highest BCUT2D eigenvalue weighted by Gasteiger charge is 2.42. The molecule has 2 saturated heterocycles. The molecule has 3 fully saturated rings. The zero-order chi connectivity index (χ0) is 27.1. The van der Waals surface area contributed by atoms with Crippen molar-refractivity contribution < 1.29 is 36.7 Å². The van der Waals surface area contributed by atoms with E-state index >= 15 is 0 Å². The van der Waals surface area contributed by atoms with E-state index in [2.05, 4.69) is 19.8 Å². The van der Waals surface area contributed by atoms with Crippen LogP contribution in [-0.2, 0) is 16.1 Å². The average molecular weight is 544 g/mol. The number of carbonyl (C=O) groups excluding carboxylic acids is 1. The fourth-order valence-electron chi connectivity index (χ4n) is 5.83. The van der Waals surface area contributed by atoms with E-state index in [4.69, 9.17) is 14.0 Å². The fourth-order valence-corrected chi connectivity index (χ4v) is 5.83. The predicted molar refractivity (Wildman–Crippen MR) is 133 cm³/mol. The van der Waals surface area contributed by atoms with Crippen LogP contribution in [0.25, 0.3) is 11.3 Å². The zero-order valence-corrected chi connectivity index (χ0v) is 21.3. The molecule has 1 aliphatic carbocycles. The number of pyridine rings is 1. The van der Waals surface area contributed by atoms with Gasteiger partial charge in [0.25, 0.3) is 0 Å². The maximum Gasteiger partial charge on any atom is 0.573 e. The number of para-hydroxylation sites is 1. The minimum Gasteiger partial charge on any atom is -0.465 e. The highest BCUT2D eigenvalue weighted by Crippen LogP contribution is 2.46. The Morgan fingerprint density at radius 2 is 1.82 bits per heavy atom. The largest absolute Gasteiger partial charge is 0.573 e. The van der Waals surface area contributed by atoms with Crippen LogP contribution in [0, 0.1) is 0 Å². The second kappa shape index (κ2) is 10.2. The molecule has 0 spiro atoms. The van der Waals surface area contributed by atoms with Crippen LogP contribution in [0.5, 0.6) is 5.75 Å². The molecule has 2 aliphatic heterocycles. The lowest BCUT2D eigenvalue weighted by Crippen LogP contribution is -2.46. The van der Waals surface area contributed by atoms with E-state index in [0.717, 1.165) is 44.3 Å². The van der Waals surface area contributed by atoms with E-state index in [1.165, 1.54) is 25.4 Å². The number of carbonyl (C=O) groups is 1. The molecule has 4 heterocycles. The monoisotopic (exact) mass is 543 g/mol. The zero-order valence-electron chi connectivity index (χ0n) is 21.3. The topological polar surface area (TPSA) is 86.9 Å². The third-order valence-electron chi connectivity index (χ3n) is 7.72. The maximum atomic E-state index is 13.1. The minimum absolute atomic E-state index is 0.0236. The van der Waals surface area contributed by atoms with Crippen molar-refractivity contribution in [3.8, 4) is 17.0 Å². The van der Waals surface area contributed by atoms with Crippen LogP contribution in [0.2, 0.25) is 0 Å². The van der Waals surface area contributed by atoms with Gasteiger partial charge in [-0.3, -0.25) is 0 Å². The summed E-state index contributed by atoms with van der Waals surface area (Å²) in [7, 11) is 1.34. The molecule has 2 unspecified atom stereocenters. The van der Waals surface area contributed by atoms with Crippen LogP contribution in [0.4, 0.5) is 19.0 Å². The van der Waals surface area contributed by atoms with Gasteiger partial charge in [0.1, 0.15) is 23.0 Å². The number of rotatable bonds is 8. The van der Waals surface area contributed by atoms with E-state index in [9.17, 15) is 18.0 Å². The summed E-state index contributed by atoms with van der Waals surface area (Å²) < 4.78 is 60.3. The summed E-state index contributed by atoms with van der Waals surface area (Å²) in [5.74, 6) is 0.973. The molecule has 8 nitrogen and oxygen atoms in total. The first-order valence-electron chi connectivity index (χ1n) is 13.1.